The highest BCUT2D eigenvalue weighted by Gasteiger charge is 2.38. The van der Waals surface area contributed by atoms with Crippen molar-refractivity contribution in [3.63, 3.8) is 0 Å². The zero-order valence-electron chi connectivity index (χ0n) is 18.2. The number of aromatic nitrogens is 2. The molecule has 0 radical (unpaired) electrons. The van der Waals surface area contributed by atoms with Gasteiger partial charge in [0.2, 0.25) is 5.82 Å². The van der Waals surface area contributed by atoms with Crippen molar-refractivity contribution in [1.29, 1.82) is 5.41 Å². The summed E-state index contributed by atoms with van der Waals surface area (Å²) in [7, 11) is -0.0354. The molecule has 1 aromatic carbocycles. The Labute approximate surface area is 198 Å². The molecule has 34 heavy (non-hydrogen) atoms. The number of alkyl halides is 3. The zero-order valence-corrected chi connectivity index (χ0v) is 19.8. The van der Waals surface area contributed by atoms with Gasteiger partial charge in [0.05, 0.1) is 9.93 Å². The van der Waals surface area contributed by atoms with Gasteiger partial charge in [-0.25, -0.2) is 8.42 Å². The third kappa shape index (κ3) is 7.53. The second-order valence-electron chi connectivity index (χ2n) is 7.16. The molecule has 2 N–H and O–H groups in total. The Balaban J connectivity index is 2.37. The molecular weight excluding hydrogens is 503 g/mol. The van der Waals surface area contributed by atoms with Gasteiger partial charge in [-0.05, 0) is 26.2 Å². The van der Waals surface area contributed by atoms with Gasteiger partial charge in [0.1, 0.15) is 18.8 Å². The lowest BCUT2D eigenvalue weighted by Crippen LogP contribution is -2.29. The molecular formula is C19H21ClF3N5O5S. The maximum atomic E-state index is 13.1. The summed E-state index contributed by atoms with van der Waals surface area (Å²) < 4.78 is 72.7. The molecule has 1 heterocycles. The Hall–Kier alpha value is -2.97. The number of hydrogen-bond donors (Lipinski definition) is 2. The highest BCUT2D eigenvalue weighted by atomic mass is 35.5. The molecule has 10 nitrogen and oxygen atoms in total. The van der Waals surface area contributed by atoms with Gasteiger partial charge in [-0.15, -0.1) is 0 Å². The van der Waals surface area contributed by atoms with Crippen molar-refractivity contribution in [3.8, 4) is 11.4 Å². The van der Waals surface area contributed by atoms with Crippen LogP contribution in [0.3, 0.4) is 0 Å². The standard InChI is InChI=1S/C19H21ClF3N5O5S/c1-28(2)7-8-32-13(29)10-25-15(14(20)16(24)19(21,22)23)18-26-17(27-33-18)11-5-4-6-12(9-11)34(3,30)31/h4-6,9,24-25H,7-8,10H2,1-3H3/b15-14+,24-16?. The topological polar surface area (TPSA) is 138 Å². The Kier molecular flexibility index (Phi) is 8.80. The fraction of sp³-hybridized carbons (Fsp3) is 0.368. The highest BCUT2D eigenvalue weighted by molar-refractivity contribution is 7.90. The van der Waals surface area contributed by atoms with Gasteiger partial charge in [-0.2, -0.15) is 18.2 Å². The molecule has 2 rings (SSSR count). The van der Waals surface area contributed by atoms with E-state index in [0.29, 0.717) is 6.54 Å². The maximum absolute atomic E-state index is 13.1. The quantitative estimate of drug-likeness (QED) is 0.355. The highest BCUT2D eigenvalue weighted by Crippen LogP contribution is 2.29. The van der Waals surface area contributed by atoms with Crippen LogP contribution >= 0.6 is 11.6 Å². The van der Waals surface area contributed by atoms with Crippen molar-refractivity contribution in [2.75, 3.05) is 40.0 Å². The molecule has 0 aliphatic heterocycles. The Morgan fingerprint density at radius 1 is 1.32 bits per heavy atom. The molecule has 0 saturated heterocycles. The fourth-order valence-corrected chi connectivity index (χ4v) is 3.28. The summed E-state index contributed by atoms with van der Waals surface area (Å²) in [6.07, 6.45) is -4.10. The van der Waals surface area contributed by atoms with Crippen LogP contribution in [0.1, 0.15) is 5.89 Å². The van der Waals surface area contributed by atoms with E-state index in [-0.39, 0.29) is 22.9 Å². The van der Waals surface area contributed by atoms with Crippen LogP contribution in [0.15, 0.2) is 38.7 Å². The smallest absolute Gasteiger partial charge is 0.434 e. The van der Waals surface area contributed by atoms with Crippen LogP contribution < -0.4 is 5.32 Å². The van der Waals surface area contributed by atoms with Crippen LogP contribution in [0.2, 0.25) is 0 Å². The molecule has 15 heteroatoms. The number of carbonyl (C=O) groups excluding carboxylic acids is 1. The van der Waals surface area contributed by atoms with Gasteiger partial charge in [0.25, 0.3) is 5.89 Å². The van der Waals surface area contributed by atoms with E-state index in [1.165, 1.54) is 24.3 Å². The Bertz CT molecular complexity index is 1190. The molecule has 0 aliphatic rings. The summed E-state index contributed by atoms with van der Waals surface area (Å²) in [4.78, 5) is 17.6. The lowest BCUT2D eigenvalue weighted by atomic mass is 10.2. The SMILES string of the molecule is CN(C)CCOC(=O)CN/C(=C(/Cl)C(=N)C(F)(F)F)c1nc(-c2cccc(S(C)(=O)=O)c2)no1. The van der Waals surface area contributed by atoms with Crippen molar-refractivity contribution in [3.05, 3.63) is 35.2 Å². The fourth-order valence-electron chi connectivity index (χ4n) is 2.36. The number of sulfone groups is 1. The molecule has 0 aliphatic carbocycles. The lowest BCUT2D eigenvalue weighted by molar-refractivity contribution is -0.142. The van der Waals surface area contributed by atoms with Crippen molar-refractivity contribution >= 4 is 38.8 Å². The molecule has 0 unspecified atom stereocenters. The average Bonchev–Trinajstić information content (AvgIpc) is 3.21. The summed E-state index contributed by atoms with van der Waals surface area (Å²) in [5.74, 6) is -1.51. The zero-order chi connectivity index (χ0) is 25.7. The number of benzene rings is 1. The predicted molar refractivity (Wildman–Crippen MR) is 117 cm³/mol. The third-order valence-electron chi connectivity index (χ3n) is 4.09. The van der Waals surface area contributed by atoms with E-state index >= 15 is 0 Å². The minimum Gasteiger partial charge on any atom is -0.463 e. The van der Waals surface area contributed by atoms with E-state index in [4.69, 9.17) is 26.3 Å². The molecule has 1 aromatic heterocycles. The van der Waals surface area contributed by atoms with Gasteiger partial charge in [0.15, 0.2) is 15.5 Å². The normalized spacial score (nSPS) is 12.9. The van der Waals surface area contributed by atoms with Gasteiger partial charge in [0, 0.05) is 18.4 Å². The number of hydrogen-bond acceptors (Lipinski definition) is 10. The van der Waals surface area contributed by atoms with Crippen LogP contribution in [-0.4, -0.2) is 81.4 Å². The first-order valence-electron chi connectivity index (χ1n) is 9.45. The van der Waals surface area contributed by atoms with E-state index in [9.17, 15) is 26.4 Å². The van der Waals surface area contributed by atoms with Gasteiger partial charge >= 0.3 is 12.1 Å². The maximum Gasteiger partial charge on any atom is 0.434 e. The summed E-state index contributed by atoms with van der Waals surface area (Å²) >= 11 is 5.79. The molecule has 0 amide bonds. The summed E-state index contributed by atoms with van der Waals surface area (Å²) in [5.41, 5.74) is -2.33. The number of nitrogens with zero attached hydrogens (tertiary/aromatic N) is 3. The Morgan fingerprint density at radius 3 is 2.59 bits per heavy atom. The first kappa shape index (κ1) is 27.3. The second-order valence-corrected chi connectivity index (χ2v) is 9.56. The third-order valence-corrected chi connectivity index (χ3v) is 5.58. The monoisotopic (exact) mass is 523 g/mol. The lowest BCUT2D eigenvalue weighted by Gasteiger charge is -2.13. The molecule has 0 spiro atoms. The number of carbonyl (C=O) groups is 1. The van der Waals surface area contributed by atoms with Crippen LogP contribution in [-0.2, 0) is 19.4 Å². The number of halogens is 4. The number of esters is 1. The number of likely N-dealkylation sites (N-methyl/N-ethyl adjacent to an activating group) is 1. The minimum absolute atomic E-state index is 0.0393. The van der Waals surface area contributed by atoms with Crippen LogP contribution in [0, 0.1) is 5.41 Å². The van der Waals surface area contributed by atoms with E-state index in [1.807, 2.05) is 0 Å². The van der Waals surface area contributed by atoms with Gasteiger partial charge in [-0.3, -0.25) is 10.2 Å². The van der Waals surface area contributed by atoms with Crippen molar-refractivity contribution in [2.45, 2.75) is 11.1 Å². The molecule has 0 bridgehead atoms. The van der Waals surface area contributed by atoms with Crippen LogP contribution in [0.4, 0.5) is 13.2 Å². The number of rotatable bonds is 10. The summed E-state index contributed by atoms with van der Waals surface area (Å²) in [6, 6.07) is 5.48. The van der Waals surface area contributed by atoms with Crippen molar-refractivity contribution < 1.29 is 35.6 Å². The minimum atomic E-state index is -5.09. The Morgan fingerprint density at radius 2 is 2.00 bits per heavy atom. The second kappa shape index (κ2) is 11.0. The van der Waals surface area contributed by atoms with Gasteiger partial charge in [-0.1, -0.05) is 28.9 Å². The van der Waals surface area contributed by atoms with E-state index in [2.05, 4.69) is 15.5 Å². The first-order chi connectivity index (χ1) is 15.7. The summed E-state index contributed by atoms with van der Waals surface area (Å²) in [6.45, 7) is -0.140. The van der Waals surface area contributed by atoms with Crippen LogP contribution in [0.5, 0.6) is 0 Å². The van der Waals surface area contributed by atoms with E-state index in [0.717, 1.165) is 6.26 Å². The van der Waals surface area contributed by atoms with Crippen molar-refractivity contribution in [1.82, 2.24) is 20.4 Å². The molecule has 0 fully saturated rings. The number of ether oxygens (including phenoxy) is 1. The van der Waals surface area contributed by atoms with E-state index in [1.54, 1.807) is 19.0 Å². The largest absolute Gasteiger partial charge is 0.463 e. The number of nitrogens with one attached hydrogen (secondary N) is 2. The first-order valence-corrected chi connectivity index (χ1v) is 11.7. The van der Waals surface area contributed by atoms with Gasteiger partial charge < -0.3 is 19.5 Å². The molecule has 0 atom stereocenters. The molecule has 0 saturated carbocycles. The predicted octanol–water partition coefficient (Wildman–Crippen LogP) is 2.32. The average molecular weight is 524 g/mol. The number of allylic oxidation sites excluding steroid dienone is 1. The van der Waals surface area contributed by atoms with E-state index < -0.39 is 50.9 Å². The molecule has 186 valence electrons. The summed E-state index contributed by atoms with van der Waals surface area (Å²) in [5, 5.41) is 12.2. The van der Waals surface area contributed by atoms with Crippen LogP contribution in [0.25, 0.3) is 17.1 Å². The molecule has 2 aromatic rings. The van der Waals surface area contributed by atoms with Crippen molar-refractivity contribution in [2.24, 2.45) is 0 Å².